The molecule has 0 fully saturated rings. The van der Waals surface area contributed by atoms with Crippen LogP contribution in [0.2, 0.25) is 5.02 Å². The molecule has 1 aromatic carbocycles. The van der Waals surface area contributed by atoms with Crippen LogP contribution in [0.3, 0.4) is 0 Å². The van der Waals surface area contributed by atoms with Crippen molar-refractivity contribution in [3.8, 4) is 17.1 Å². The Morgan fingerprint density at radius 2 is 2.13 bits per heavy atom. The zero-order chi connectivity index (χ0) is 16.2. The van der Waals surface area contributed by atoms with E-state index in [9.17, 15) is 0 Å². The number of halogens is 1. The largest absolute Gasteiger partial charge is 0.476 e. The van der Waals surface area contributed by atoms with Crippen molar-refractivity contribution in [2.24, 2.45) is 0 Å². The minimum Gasteiger partial charge on any atom is -0.476 e. The first-order valence-electron chi connectivity index (χ1n) is 7.39. The second-order valence-corrected chi connectivity index (χ2v) is 5.50. The molecule has 0 atom stereocenters. The van der Waals surface area contributed by atoms with E-state index in [4.69, 9.17) is 21.3 Å². The summed E-state index contributed by atoms with van der Waals surface area (Å²) in [6.07, 6.45) is 5.43. The van der Waals surface area contributed by atoms with E-state index in [1.807, 2.05) is 48.9 Å². The summed E-state index contributed by atoms with van der Waals surface area (Å²) in [7, 11) is 0. The third kappa shape index (κ3) is 3.51. The van der Waals surface area contributed by atoms with Gasteiger partial charge in [-0.25, -0.2) is 15.0 Å². The molecule has 0 aliphatic rings. The second-order valence-electron chi connectivity index (χ2n) is 5.06. The van der Waals surface area contributed by atoms with Crippen molar-refractivity contribution in [1.82, 2.24) is 19.5 Å². The molecular formula is C17H17ClN4O. The van der Waals surface area contributed by atoms with Crippen LogP contribution in [0.15, 0.2) is 42.9 Å². The Balaban J connectivity index is 2.01. The van der Waals surface area contributed by atoms with Crippen molar-refractivity contribution in [3.05, 3.63) is 59.4 Å². The lowest BCUT2D eigenvalue weighted by Crippen LogP contribution is -2.06. The van der Waals surface area contributed by atoms with Gasteiger partial charge >= 0.3 is 0 Å². The maximum atomic E-state index is 6.10. The molecule has 6 heteroatoms. The molecule has 0 saturated carbocycles. The first kappa shape index (κ1) is 15.5. The molecule has 0 saturated heterocycles. The highest BCUT2D eigenvalue weighted by Gasteiger charge is 2.12. The topological polar surface area (TPSA) is 52.8 Å². The fraction of sp³-hybridized carbons (Fsp3) is 0.235. The van der Waals surface area contributed by atoms with E-state index in [0.29, 0.717) is 29.7 Å². The van der Waals surface area contributed by atoms with Gasteiger partial charge < -0.3 is 9.30 Å². The Morgan fingerprint density at radius 1 is 1.26 bits per heavy atom. The molecule has 23 heavy (non-hydrogen) atoms. The van der Waals surface area contributed by atoms with E-state index in [1.54, 1.807) is 12.4 Å². The average Bonchev–Trinajstić information content (AvgIpc) is 2.94. The van der Waals surface area contributed by atoms with Crippen molar-refractivity contribution in [3.63, 3.8) is 0 Å². The van der Waals surface area contributed by atoms with Crippen LogP contribution in [0.5, 0.6) is 5.88 Å². The summed E-state index contributed by atoms with van der Waals surface area (Å²) in [4.78, 5) is 13.4. The zero-order valence-electron chi connectivity index (χ0n) is 13.0. The summed E-state index contributed by atoms with van der Waals surface area (Å²) in [5, 5.41) is 0.655. The van der Waals surface area contributed by atoms with Crippen LogP contribution in [0.1, 0.15) is 18.4 Å². The Labute approximate surface area is 140 Å². The number of benzene rings is 1. The van der Waals surface area contributed by atoms with E-state index < -0.39 is 0 Å². The molecule has 0 bridgehead atoms. The monoisotopic (exact) mass is 328 g/mol. The Morgan fingerprint density at radius 3 is 2.83 bits per heavy atom. The number of aromatic nitrogens is 4. The molecule has 3 aromatic rings. The summed E-state index contributed by atoms with van der Waals surface area (Å²) >= 11 is 6.10. The molecular weight excluding hydrogens is 312 g/mol. The van der Waals surface area contributed by atoms with Crippen LogP contribution in [0.4, 0.5) is 0 Å². The van der Waals surface area contributed by atoms with Crippen LogP contribution in [-0.4, -0.2) is 26.1 Å². The number of rotatable bonds is 5. The van der Waals surface area contributed by atoms with Crippen molar-refractivity contribution in [1.29, 1.82) is 0 Å². The molecule has 0 aliphatic carbocycles. The van der Waals surface area contributed by atoms with Gasteiger partial charge in [-0.2, -0.15) is 0 Å². The minimum absolute atomic E-state index is 0.515. The fourth-order valence-corrected chi connectivity index (χ4v) is 2.49. The molecule has 0 aliphatic heterocycles. The van der Waals surface area contributed by atoms with Crippen LogP contribution in [-0.2, 0) is 6.54 Å². The number of aryl methyl sites for hydroxylation is 1. The highest BCUT2D eigenvalue weighted by molar-refractivity contribution is 6.30. The van der Waals surface area contributed by atoms with Crippen LogP contribution >= 0.6 is 11.6 Å². The molecule has 0 amide bonds. The van der Waals surface area contributed by atoms with Gasteiger partial charge in [-0.3, -0.25) is 0 Å². The van der Waals surface area contributed by atoms with Gasteiger partial charge in [0.15, 0.2) is 0 Å². The average molecular weight is 329 g/mol. The Bertz CT molecular complexity index is 816. The third-order valence-electron chi connectivity index (χ3n) is 3.42. The molecule has 2 heterocycles. The summed E-state index contributed by atoms with van der Waals surface area (Å²) in [5.74, 6) is 1.45. The SMILES string of the molecule is CCOc1ncc(Cn2ccnc2C)nc1-c1cccc(Cl)c1. The van der Waals surface area contributed by atoms with Gasteiger partial charge in [-0.15, -0.1) is 0 Å². The molecule has 0 spiro atoms. The highest BCUT2D eigenvalue weighted by Crippen LogP contribution is 2.28. The first-order chi connectivity index (χ1) is 11.2. The quantitative estimate of drug-likeness (QED) is 0.715. The van der Waals surface area contributed by atoms with Crippen molar-refractivity contribution < 1.29 is 4.74 Å². The van der Waals surface area contributed by atoms with Gasteiger partial charge in [0.2, 0.25) is 5.88 Å². The van der Waals surface area contributed by atoms with Gasteiger partial charge in [0.05, 0.1) is 25.0 Å². The van der Waals surface area contributed by atoms with Gasteiger partial charge in [-0.1, -0.05) is 23.7 Å². The smallest absolute Gasteiger partial charge is 0.240 e. The first-order valence-corrected chi connectivity index (χ1v) is 7.77. The van der Waals surface area contributed by atoms with Crippen molar-refractivity contribution in [2.45, 2.75) is 20.4 Å². The summed E-state index contributed by atoms with van der Waals surface area (Å²) in [5.41, 5.74) is 2.42. The number of nitrogens with zero attached hydrogens (tertiary/aromatic N) is 4. The van der Waals surface area contributed by atoms with E-state index in [2.05, 4.69) is 9.97 Å². The lowest BCUT2D eigenvalue weighted by Gasteiger charge is -2.11. The summed E-state index contributed by atoms with van der Waals surface area (Å²) in [6, 6.07) is 7.53. The minimum atomic E-state index is 0.515. The number of imidazole rings is 1. The molecule has 2 aromatic heterocycles. The molecule has 0 N–H and O–H groups in total. The Kier molecular flexibility index (Phi) is 4.57. The number of hydrogen-bond acceptors (Lipinski definition) is 4. The molecule has 3 rings (SSSR count). The lowest BCUT2D eigenvalue weighted by molar-refractivity contribution is 0.326. The fourth-order valence-electron chi connectivity index (χ4n) is 2.30. The molecule has 5 nitrogen and oxygen atoms in total. The van der Waals surface area contributed by atoms with E-state index in [1.165, 1.54) is 0 Å². The second kappa shape index (κ2) is 6.79. The van der Waals surface area contributed by atoms with Gasteiger partial charge in [0.1, 0.15) is 11.5 Å². The van der Waals surface area contributed by atoms with Crippen LogP contribution < -0.4 is 4.74 Å². The summed E-state index contributed by atoms with van der Waals surface area (Å²) < 4.78 is 7.63. The van der Waals surface area contributed by atoms with E-state index >= 15 is 0 Å². The maximum Gasteiger partial charge on any atom is 0.240 e. The predicted molar refractivity (Wildman–Crippen MR) is 89.7 cm³/mol. The van der Waals surface area contributed by atoms with Crippen molar-refractivity contribution in [2.75, 3.05) is 6.61 Å². The van der Waals surface area contributed by atoms with E-state index in [-0.39, 0.29) is 0 Å². The molecule has 0 radical (unpaired) electrons. The maximum absolute atomic E-state index is 6.10. The standard InChI is InChI=1S/C17H17ClN4O/c1-3-23-17-16(13-5-4-6-14(18)9-13)21-15(10-20-17)11-22-8-7-19-12(22)2/h4-10H,3,11H2,1-2H3. The molecule has 118 valence electrons. The predicted octanol–water partition coefficient (Wildman–Crippen LogP) is 3.75. The number of hydrogen-bond donors (Lipinski definition) is 0. The highest BCUT2D eigenvalue weighted by atomic mass is 35.5. The van der Waals surface area contributed by atoms with E-state index in [0.717, 1.165) is 17.1 Å². The molecule has 0 unspecified atom stereocenters. The number of ether oxygens (including phenoxy) is 1. The van der Waals surface area contributed by atoms with Gasteiger partial charge in [0, 0.05) is 23.0 Å². The zero-order valence-corrected chi connectivity index (χ0v) is 13.8. The summed E-state index contributed by atoms with van der Waals surface area (Å²) in [6.45, 7) is 5.02. The lowest BCUT2D eigenvalue weighted by atomic mass is 10.1. The van der Waals surface area contributed by atoms with Crippen molar-refractivity contribution >= 4 is 11.6 Å². The Hall–Kier alpha value is -2.40. The van der Waals surface area contributed by atoms with Crippen LogP contribution in [0.25, 0.3) is 11.3 Å². The normalized spacial score (nSPS) is 10.7. The van der Waals surface area contributed by atoms with Gasteiger partial charge in [0.25, 0.3) is 0 Å². The van der Waals surface area contributed by atoms with Crippen LogP contribution in [0, 0.1) is 6.92 Å². The third-order valence-corrected chi connectivity index (χ3v) is 3.66. The van der Waals surface area contributed by atoms with Gasteiger partial charge in [-0.05, 0) is 26.0 Å².